The third kappa shape index (κ3) is 5.22. The van der Waals surface area contributed by atoms with E-state index < -0.39 is 0 Å². The van der Waals surface area contributed by atoms with E-state index in [0.29, 0.717) is 11.5 Å². The average Bonchev–Trinajstić information content (AvgIpc) is 2.90. The molecule has 0 aliphatic carbocycles. The zero-order valence-corrected chi connectivity index (χ0v) is 17.4. The standard InChI is InChI=1S/C22H32N4O/c1-7-25(8-2)21-11-9-19(10-12-21)22(27)24-23-14-20-13-17(5)26(18(20)6)15-16(3)4/h9-14,16H,7-8,15H2,1-6H3,(H,24,27)/b23-14-. The summed E-state index contributed by atoms with van der Waals surface area (Å²) in [5.41, 5.74) is 7.77. The molecule has 0 saturated carbocycles. The largest absolute Gasteiger partial charge is 0.372 e. The van der Waals surface area contributed by atoms with Gasteiger partial charge >= 0.3 is 0 Å². The molecule has 5 nitrogen and oxygen atoms in total. The number of carbonyl (C=O) groups is 1. The van der Waals surface area contributed by atoms with E-state index in [1.807, 2.05) is 24.3 Å². The highest BCUT2D eigenvalue weighted by Gasteiger charge is 2.09. The van der Waals surface area contributed by atoms with Crippen LogP contribution in [-0.4, -0.2) is 29.8 Å². The third-order valence-corrected chi connectivity index (χ3v) is 4.79. The van der Waals surface area contributed by atoms with Crippen LogP contribution in [0.5, 0.6) is 0 Å². The monoisotopic (exact) mass is 368 g/mol. The molecule has 0 spiro atoms. The van der Waals surface area contributed by atoms with E-state index >= 15 is 0 Å². The summed E-state index contributed by atoms with van der Waals surface area (Å²) >= 11 is 0. The minimum absolute atomic E-state index is 0.201. The second-order valence-corrected chi connectivity index (χ2v) is 7.25. The number of aryl methyl sites for hydroxylation is 1. The van der Waals surface area contributed by atoms with Gasteiger partial charge in [-0.2, -0.15) is 5.10 Å². The Kier molecular flexibility index (Phi) is 7.22. The highest BCUT2D eigenvalue weighted by Crippen LogP contribution is 2.16. The summed E-state index contributed by atoms with van der Waals surface area (Å²) in [6, 6.07) is 9.74. The Morgan fingerprint density at radius 2 is 1.81 bits per heavy atom. The van der Waals surface area contributed by atoms with Crippen LogP contribution in [0, 0.1) is 19.8 Å². The molecular formula is C22H32N4O. The predicted octanol–water partition coefficient (Wildman–Crippen LogP) is 4.37. The molecule has 27 heavy (non-hydrogen) atoms. The van der Waals surface area contributed by atoms with Gasteiger partial charge in [-0.25, -0.2) is 5.43 Å². The lowest BCUT2D eigenvalue weighted by Crippen LogP contribution is -2.22. The highest BCUT2D eigenvalue weighted by molar-refractivity contribution is 5.95. The van der Waals surface area contributed by atoms with E-state index in [9.17, 15) is 4.79 Å². The number of nitrogens with zero attached hydrogens (tertiary/aromatic N) is 3. The minimum Gasteiger partial charge on any atom is -0.372 e. The molecular weight excluding hydrogens is 336 g/mol. The minimum atomic E-state index is -0.201. The molecule has 5 heteroatoms. The summed E-state index contributed by atoms with van der Waals surface area (Å²) < 4.78 is 2.29. The molecule has 1 aromatic heterocycles. The maximum atomic E-state index is 12.3. The topological polar surface area (TPSA) is 49.6 Å². The predicted molar refractivity (Wildman–Crippen MR) is 114 cm³/mol. The van der Waals surface area contributed by atoms with Crippen molar-refractivity contribution in [1.29, 1.82) is 0 Å². The van der Waals surface area contributed by atoms with Crippen LogP contribution in [0.2, 0.25) is 0 Å². The normalized spacial score (nSPS) is 11.4. The summed E-state index contributed by atoms with van der Waals surface area (Å²) in [6.45, 7) is 15.7. The van der Waals surface area contributed by atoms with Crippen molar-refractivity contribution in [1.82, 2.24) is 9.99 Å². The zero-order valence-electron chi connectivity index (χ0n) is 17.4. The quantitative estimate of drug-likeness (QED) is 0.555. The van der Waals surface area contributed by atoms with Crippen LogP contribution in [-0.2, 0) is 6.54 Å². The number of anilines is 1. The fourth-order valence-electron chi connectivity index (χ4n) is 3.24. The van der Waals surface area contributed by atoms with Crippen molar-refractivity contribution in [3.8, 4) is 0 Å². The van der Waals surface area contributed by atoms with Gasteiger partial charge in [0, 0.05) is 47.8 Å². The Morgan fingerprint density at radius 3 is 2.37 bits per heavy atom. The second kappa shape index (κ2) is 9.40. The van der Waals surface area contributed by atoms with Gasteiger partial charge in [-0.15, -0.1) is 0 Å². The Morgan fingerprint density at radius 1 is 1.19 bits per heavy atom. The number of hydrogen-bond acceptors (Lipinski definition) is 3. The molecule has 1 N–H and O–H groups in total. The molecule has 0 unspecified atom stereocenters. The van der Waals surface area contributed by atoms with Crippen LogP contribution in [0.3, 0.4) is 0 Å². The molecule has 1 amide bonds. The van der Waals surface area contributed by atoms with Crippen LogP contribution in [0.15, 0.2) is 35.4 Å². The van der Waals surface area contributed by atoms with E-state index in [4.69, 9.17) is 0 Å². The number of hydrogen-bond donors (Lipinski definition) is 1. The SMILES string of the molecule is CCN(CC)c1ccc(C(=O)N/N=C\c2cc(C)n(CC(C)C)c2C)cc1. The molecule has 0 aliphatic rings. The number of nitrogens with one attached hydrogen (secondary N) is 1. The van der Waals surface area contributed by atoms with Gasteiger partial charge in [0.15, 0.2) is 0 Å². The second-order valence-electron chi connectivity index (χ2n) is 7.25. The first-order valence-electron chi connectivity index (χ1n) is 9.72. The molecule has 146 valence electrons. The Labute approximate surface area is 163 Å². The lowest BCUT2D eigenvalue weighted by atomic mass is 10.2. The Hall–Kier alpha value is -2.56. The summed E-state index contributed by atoms with van der Waals surface area (Å²) in [7, 11) is 0. The lowest BCUT2D eigenvalue weighted by Gasteiger charge is -2.20. The van der Waals surface area contributed by atoms with Crippen molar-refractivity contribution >= 4 is 17.8 Å². The third-order valence-electron chi connectivity index (χ3n) is 4.79. The summed E-state index contributed by atoms with van der Waals surface area (Å²) in [6.07, 6.45) is 1.72. The van der Waals surface area contributed by atoms with Crippen molar-refractivity contribution in [3.63, 3.8) is 0 Å². The number of carbonyl (C=O) groups excluding carboxylic acids is 1. The number of amides is 1. The first-order valence-corrected chi connectivity index (χ1v) is 9.72. The van der Waals surface area contributed by atoms with E-state index in [-0.39, 0.29) is 5.91 Å². The van der Waals surface area contributed by atoms with Crippen LogP contribution >= 0.6 is 0 Å². The van der Waals surface area contributed by atoms with Crippen molar-refractivity contribution in [2.45, 2.75) is 48.1 Å². The summed E-state index contributed by atoms with van der Waals surface area (Å²) in [4.78, 5) is 14.6. The van der Waals surface area contributed by atoms with Crippen molar-refractivity contribution < 1.29 is 4.79 Å². The maximum Gasteiger partial charge on any atom is 0.271 e. The lowest BCUT2D eigenvalue weighted by molar-refractivity contribution is 0.0955. The van der Waals surface area contributed by atoms with Gasteiger partial charge in [0.25, 0.3) is 5.91 Å². The fourth-order valence-corrected chi connectivity index (χ4v) is 3.24. The maximum absolute atomic E-state index is 12.3. The Balaban J connectivity index is 2.03. The molecule has 2 aromatic rings. The number of hydrazone groups is 1. The van der Waals surface area contributed by atoms with Crippen LogP contribution in [0.1, 0.15) is 55.0 Å². The highest BCUT2D eigenvalue weighted by atomic mass is 16.2. The van der Waals surface area contributed by atoms with Crippen LogP contribution in [0.4, 0.5) is 5.69 Å². The zero-order chi connectivity index (χ0) is 20.0. The van der Waals surface area contributed by atoms with E-state index in [0.717, 1.165) is 30.9 Å². The van der Waals surface area contributed by atoms with E-state index in [1.54, 1.807) is 6.21 Å². The number of aromatic nitrogens is 1. The smallest absolute Gasteiger partial charge is 0.271 e. The summed E-state index contributed by atoms with van der Waals surface area (Å²) in [5, 5.41) is 4.15. The van der Waals surface area contributed by atoms with Gasteiger partial charge in [0.2, 0.25) is 0 Å². The Bertz CT molecular complexity index is 783. The van der Waals surface area contributed by atoms with Gasteiger partial charge in [0.05, 0.1) is 6.21 Å². The van der Waals surface area contributed by atoms with Gasteiger partial charge in [-0.05, 0) is 63.9 Å². The molecule has 0 atom stereocenters. The molecule has 1 heterocycles. The molecule has 0 bridgehead atoms. The van der Waals surface area contributed by atoms with Gasteiger partial charge in [-0.3, -0.25) is 4.79 Å². The van der Waals surface area contributed by atoms with Crippen molar-refractivity contribution in [2.75, 3.05) is 18.0 Å². The molecule has 0 saturated heterocycles. The molecule has 0 aliphatic heterocycles. The van der Waals surface area contributed by atoms with Crippen molar-refractivity contribution in [3.05, 3.63) is 52.8 Å². The first-order chi connectivity index (χ1) is 12.9. The van der Waals surface area contributed by atoms with Gasteiger partial charge in [0.1, 0.15) is 0 Å². The van der Waals surface area contributed by atoms with Crippen LogP contribution in [0.25, 0.3) is 0 Å². The fraction of sp³-hybridized carbons (Fsp3) is 0.455. The van der Waals surface area contributed by atoms with Gasteiger partial charge in [-0.1, -0.05) is 13.8 Å². The summed E-state index contributed by atoms with van der Waals surface area (Å²) in [5.74, 6) is 0.381. The van der Waals surface area contributed by atoms with E-state index in [1.165, 1.54) is 11.4 Å². The van der Waals surface area contributed by atoms with Crippen LogP contribution < -0.4 is 10.3 Å². The first kappa shape index (κ1) is 20.7. The number of rotatable bonds is 8. The average molecular weight is 369 g/mol. The molecule has 1 aromatic carbocycles. The molecule has 0 radical (unpaired) electrons. The molecule has 0 fully saturated rings. The van der Waals surface area contributed by atoms with E-state index in [2.05, 4.69) is 67.6 Å². The number of benzene rings is 1. The van der Waals surface area contributed by atoms with Gasteiger partial charge < -0.3 is 9.47 Å². The molecule has 2 rings (SSSR count). The van der Waals surface area contributed by atoms with Crippen molar-refractivity contribution in [2.24, 2.45) is 11.0 Å².